The Bertz CT molecular complexity index is 832. The number of benzene rings is 2. The van der Waals surface area contributed by atoms with E-state index in [1.165, 1.54) is 12.8 Å². The van der Waals surface area contributed by atoms with E-state index in [9.17, 15) is 0 Å². The van der Waals surface area contributed by atoms with Crippen LogP contribution in [0.2, 0.25) is 0 Å². The lowest BCUT2D eigenvalue weighted by molar-refractivity contribution is 0.223. The van der Waals surface area contributed by atoms with Gasteiger partial charge in [-0.1, -0.05) is 13.8 Å². The van der Waals surface area contributed by atoms with Crippen molar-refractivity contribution in [3.05, 3.63) is 59.7 Å². The zero-order valence-corrected chi connectivity index (χ0v) is 20.6. The quantitative estimate of drug-likeness (QED) is 0.402. The van der Waals surface area contributed by atoms with Crippen LogP contribution in [0.25, 0.3) is 0 Å². The smallest absolute Gasteiger partial charge is 0.119 e. The molecule has 0 aliphatic rings. The average Bonchev–Trinajstić information content (AvgIpc) is 2.85. The van der Waals surface area contributed by atoms with Crippen LogP contribution in [0.15, 0.2) is 48.5 Å². The Morgan fingerprint density at radius 1 is 0.667 bits per heavy atom. The third-order valence-corrected chi connectivity index (χ3v) is 5.06. The van der Waals surface area contributed by atoms with E-state index < -0.39 is 0 Å². The SMILES string of the molecule is CCN(CC)CCOc1ccc(C#N)cc1.CN(C)CCCCCOc1ccc(C#N)cc1. The van der Waals surface area contributed by atoms with E-state index in [0.717, 1.165) is 50.7 Å². The first-order valence-electron chi connectivity index (χ1n) is 11.6. The molecule has 0 bridgehead atoms. The molecular formula is C27H38N4O2. The number of ether oxygens (including phenoxy) is 2. The maximum Gasteiger partial charge on any atom is 0.119 e. The highest BCUT2D eigenvalue weighted by molar-refractivity contribution is 5.35. The lowest BCUT2D eigenvalue weighted by Gasteiger charge is -2.17. The van der Waals surface area contributed by atoms with Gasteiger partial charge in [0.15, 0.2) is 0 Å². The number of unbranched alkanes of at least 4 members (excludes halogenated alkanes) is 2. The molecule has 178 valence electrons. The summed E-state index contributed by atoms with van der Waals surface area (Å²) in [5.41, 5.74) is 1.33. The molecule has 0 radical (unpaired) electrons. The average molecular weight is 451 g/mol. The molecule has 6 nitrogen and oxygen atoms in total. The van der Waals surface area contributed by atoms with Crippen LogP contribution in [-0.4, -0.2) is 63.3 Å². The minimum atomic E-state index is 0.663. The van der Waals surface area contributed by atoms with Gasteiger partial charge in [0.25, 0.3) is 0 Å². The molecule has 0 aliphatic carbocycles. The van der Waals surface area contributed by atoms with E-state index in [1.807, 2.05) is 24.3 Å². The van der Waals surface area contributed by atoms with E-state index in [1.54, 1.807) is 24.3 Å². The van der Waals surface area contributed by atoms with Gasteiger partial charge in [0.05, 0.1) is 29.9 Å². The number of nitrogens with zero attached hydrogens (tertiary/aromatic N) is 4. The van der Waals surface area contributed by atoms with E-state index >= 15 is 0 Å². The number of likely N-dealkylation sites (N-methyl/N-ethyl adjacent to an activating group) is 1. The fourth-order valence-corrected chi connectivity index (χ4v) is 2.98. The van der Waals surface area contributed by atoms with E-state index in [2.05, 4.69) is 49.9 Å². The van der Waals surface area contributed by atoms with Gasteiger partial charge in [0.2, 0.25) is 0 Å². The fraction of sp³-hybridized carbons (Fsp3) is 0.481. The predicted octanol–water partition coefficient (Wildman–Crippen LogP) is 4.95. The molecule has 0 atom stereocenters. The van der Waals surface area contributed by atoms with Crippen LogP contribution in [0, 0.1) is 22.7 Å². The van der Waals surface area contributed by atoms with Crippen molar-refractivity contribution in [2.24, 2.45) is 0 Å². The van der Waals surface area contributed by atoms with Gasteiger partial charge in [0, 0.05) is 6.54 Å². The molecule has 0 saturated heterocycles. The van der Waals surface area contributed by atoms with E-state index in [0.29, 0.717) is 17.7 Å². The van der Waals surface area contributed by atoms with Crippen LogP contribution >= 0.6 is 0 Å². The summed E-state index contributed by atoms with van der Waals surface area (Å²) in [4.78, 5) is 4.51. The van der Waals surface area contributed by atoms with Gasteiger partial charge in [-0.25, -0.2) is 0 Å². The molecule has 2 rings (SSSR count). The summed E-state index contributed by atoms with van der Waals surface area (Å²) in [5, 5.41) is 17.3. The lowest BCUT2D eigenvalue weighted by Crippen LogP contribution is -2.27. The lowest BCUT2D eigenvalue weighted by atomic mass is 10.2. The molecule has 0 fully saturated rings. The maximum atomic E-state index is 8.65. The Hall–Kier alpha value is -3.06. The molecular weight excluding hydrogens is 412 g/mol. The highest BCUT2D eigenvalue weighted by Gasteiger charge is 2.00. The summed E-state index contributed by atoms with van der Waals surface area (Å²) in [5.74, 6) is 1.67. The highest BCUT2D eigenvalue weighted by atomic mass is 16.5. The minimum Gasteiger partial charge on any atom is -0.494 e. The van der Waals surface area contributed by atoms with Crippen LogP contribution in [-0.2, 0) is 0 Å². The zero-order chi connectivity index (χ0) is 24.3. The molecule has 0 unspecified atom stereocenters. The molecule has 0 heterocycles. The van der Waals surface area contributed by atoms with Crippen LogP contribution in [0.3, 0.4) is 0 Å². The maximum absolute atomic E-state index is 8.65. The third-order valence-electron chi connectivity index (χ3n) is 5.06. The van der Waals surface area contributed by atoms with Crippen LogP contribution < -0.4 is 9.47 Å². The summed E-state index contributed by atoms with van der Waals surface area (Å²) in [6, 6.07) is 18.6. The number of hydrogen-bond donors (Lipinski definition) is 0. The molecule has 2 aromatic carbocycles. The molecule has 2 aromatic rings. The second kappa shape index (κ2) is 17.5. The monoisotopic (exact) mass is 450 g/mol. The molecule has 0 amide bonds. The van der Waals surface area contributed by atoms with Crippen molar-refractivity contribution in [3.63, 3.8) is 0 Å². The van der Waals surface area contributed by atoms with E-state index in [4.69, 9.17) is 20.0 Å². The number of nitriles is 2. The van der Waals surface area contributed by atoms with Gasteiger partial charge in [-0.3, -0.25) is 0 Å². The van der Waals surface area contributed by atoms with Crippen molar-refractivity contribution in [2.45, 2.75) is 33.1 Å². The van der Waals surface area contributed by atoms with Gasteiger partial charge in [-0.15, -0.1) is 0 Å². The van der Waals surface area contributed by atoms with Crippen molar-refractivity contribution in [2.75, 3.05) is 53.5 Å². The van der Waals surface area contributed by atoms with Gasteiger partial charge in [-0.05, 0) is 102 Å². The van der Waals surface area contributed by atoms with Crippen molar-refractivity contribution in [1.29, 1.82) is 10.5 Å². The Kier molecular flexibility index (Phi) is 14.8. The summed E-state index contributed by atoms with van der Waals surface area (Å²) in [6.45, 7) is 9.90. The summed E-state index contributed by atoms with van der Waals surface area (Å²) < 4.78 is 11.2. The first-order valence-corrected chi connectivity index (χ1v) is 11.6. The first kappa shape index (κ1) is 28.0. The van der Waals surface area contributed by atoms with Crippen molar-refractivity contribution >= 4 is 0 Å². The first-order chi connectivity index (χ1) is 16.0. The van der Waals surface area contributed by atoms with Crippen LogP contribution in [0.4, 0.5) is 0 Å². The van der Waals surface area contributed by atoms with Gasteiger partial charge < -0.3 is 19.3 Å². The highest BCUT2D eigenvalue weighted by Crippen LogP contribution is 2.12. The zero-order valence-electron chi connectivity index (χ0n) is 20.6. The van der Waals surface area contributed by atoms with Crippen LogP contribution in [0.1, 0.15) is 44.2 Å². The molecule has 0 aliphatic heterocycles. The second-order valence-corrected chi connectivity index (χ2v) is 7.86. The van der Waals surface area contributed by atoms with Gasteiger partial charge in [0.1, 0.15) is 18.1 Å². The largest absolute Gasteiger partial charge is 0.494 e. The molecule has 0 N–H and O–H groups in total. The Labute approximate surface area is 200 Å². The summed E-state index contributed by atoms with van der Waals surface area (Å²) >= 11 is 0. The molecule has 0 spiro atoms. The predicted molar refractivity (Wildman–Crippen MR) is 133 cm³/mol. The van der Waals surface area contributed by atoms with E-state index in [-0.39, 0.29) is 0 Å². The Morgan fingerprint density at radius 3 is 1.58 bits per heavy atom. The van der Waals surface area contributed by atoms with Crippen LogP contribution in [0.5, 0.6) is 11.5 Å². The fourth-order valence-electron chi connectivity index (χ4n) is 2.98. The van der Waals surface area contributed by atoms with Crippen molar-refractivity contribution in [1.82, 2.24) is 9.80 Å². The van der Waals surface area contributed by atoms with Crippen molar-refractivity contribution in [3.8, 4) is 23.6 Å². The standard InChI is InChI=1S/C14H20N2O.C13H18N2O/c1-16(2)10-4-3-5-11-17-14-8-6-13(12-15)7-9-14;1-3-15(4-2)9-10-16-13-7-5-12(11-14)6-8-13/h6-9H,3-5,10-11H2,1-2H3;5-8H,3-4,9-10H2,1-2H3. The summed E-state index contributed by atoms with van der Waals surface area (Å²) in [7, 11) is 4.18. The minimum absolute atomic E-state index is 0.663. The second-order valence-electron chi connectivity index (χ2n) is 7.86. The number of rotatable bonds is 13. The number of hydrogen-bond acceptors (Lipinski definition) is 6. The van der Waals surface area contributed by atoms with Gasteiger partial charge >= 0.3 is 0 Å². The third kappa shape index (κ3) is 13.2. The van der Waals surface area contributed by atoms with Gasteiger partial charge in [-0.2, -0.15) is 10.5 Å². The Morgan fingerprint density at radius 2 is 1.15 bits per heavy atom. The molecule has 33 heavy (non-hydrogen) atoms. The van der Waals surface area contributed by atoms with Crippen molar-refractivity contribution < 1.29 is 9.47 Å². The summed E-state index contributed by atoms with van der Waals surface area (Å²) in [6.07, 6.45) is 3.48. The molecule has 6 heteroatoms. The Balaban J connectivity index is 0.000000331. The molecule has 0 aromatic heterocycles. The molecule has 0 saturated carbocycles. The normalized spacial score (nSPS) is 10.2. The topological polar surface area (TPSA) is 72.5 Å².